The molecule has 0 aliphatic rings. The molecule has 1 unspecified atom stereocenters. The quantitative estimate of drug-likeness (QED) is 0.797. The van der Waals surface area contributed by atoms with Crippen LogP contribution in [0, 0.1) is 18.3 Å². The van der Waals surface area contributed by atoms with Gasteiger partial charge >= 0.3 is 5.97 Å². The summed E-state index contributed by atoms with van der Waals surface area (Å²) in [6, 6.07) is 3.61. The molecule has 1 atom stereocenters. The van der Waals surface area contributed by atoms with E-state index in [-0.39, 0.29) is 12.0 Å². The maximum absolute atomic E-state index is 11.4. The maximum atomic E-state index is 11.4. The van der Waals surface area contributed by atoms with Gasteiger partial charge in [0.25, 0.3) is 0 Å². The van der Waals surface area contributed by atoms with Gasteiger partial charge in [-0.25, -0.2) is 0 Å². The molecule has 0 aliphatic carbocycles. The van der Waals surface area contributed by atoms with Gasteiger partial charge in [0, 0.05) is 19.3 Å². The molecule has 0 saturated carbocycles. The third-order valence-electron chi connectivity index (χ3n) is 2.99. The highest BCUT2D eigenvalue weighted by atomic mass is 16.5. The number of aromatic nitrogens is 1. The van der Waals surface area contributed by atoms with Gasteiger partial charge in [-0.1, -0.05) is 0 Å². The number of hydrogen-bond donors (Lipinski definition) is 1. The lowest BCUT2D eigenvalue weighted by Crippen LogP contribution is -2.35. The minimum Gasteiger partial charge on any atom is -0.465 e. The van der Waals surface area contributed by atoms with Gasteiger partial charge in [0.1, 0.15) is 17.8 Å². The second-order valence-electron chi connectivity index (χ2n) is 4.17. The van der Waals surface area contributed by atoms with E-state index in [1.807, 2.05) is 24.6 Å². The highest BCUT2D eigenvalue weighted by Crippen LogP contribution is 2.13. The van der Waals surface area contributed by atoms with E-state index in [0.717, 1.165) is 11.3 Å². The fourth-order valence-corrected chi connectivity index (χ4v) is 1.66. The Morgan fingerprint density at radius 1 is 1.67 bits per heavy atom. The Labute approximate surface area is 107 Å². The zero-order chi connectivity index (χ0) is 13.7. The van der Waals surface area contributed by atoms with Gasteiger partial charge in [0.15, 0.2) is 0 Å². The predicted octanol–water partition coefficient (Wildman–Crippen LogP) is 1.25. The van der Waals surface area contributed by atoms with Gasteiger partial charge in [-0.05, 0) is 32.4 Å². The van der Waals surface area contributed by atoms with Gasteiger partial charge < -0.3 is 14.6 Å². The van der Waals surface area contributed by atoms with Gasteiger partial charge in [0.2, 0.25) is 0 Å². The summed E-state index contributed by atoms with van der Waals surface area (Å²) in [7, 11) is 1.85. The number of nitrogens with one attached hydrogen (secondary N) is 1. The summed E-state index contributed by atoms with van der Waals surface area (Å²) in [5.41, 5.74) is 2.66. The molecule has 0 radical (unpaired) electrons. The molecule has 0 aliphatic heterocycles. The Morgan fingerprint density at radius 3 is 2.83 bits per heavy atom. The second-order valence-corrected chi connectivity index (χ2v) is 4.17. The molecule has 1 heterocycles. The summed E-state index contributed by atoms with van der Waals surface area (Å²) in [4.78, 5) is 11.4. The van der Waals surface area contributed by atoms with Crippen molar-refractivity contribution in [1.29, 1.82) is 5.26 Å². The molecule has 0 aromatic carbocycles. The van der Waals surface area contributed by atoms with Crippen LogP contribution in [0.3, 0.4) is 0 Å². The SMILES string of the molecule is CCOC(=O)C(C)NCc1cc(C#N)n(C)c1C. The first kappa shape index (κ1) is 14.3. The van der Waals surface area contributed by atoms with Gasteiger partial charge in [-0.2, -0.15) is 5.26 Å². The van der Waals surface area contributed by atoms with E-state index in [1.54, 1.807) is 13.8 Å². The molecule has 5 heteroatoms. The lowest BCUT2D eigenvalue weighted by molar-refractivity contribution is -0.145. The average molecular weight is 249 g/mol. The van der Waals surface area contributed by atoms with Crippen LogP contribution in [0.2, 0.25) is 0 Å². The minimum atomic E-state index is -0.352. The molecular weight excluding hydrogens is 230 g/mol. The number of nitriles is 1. The van der Waals surface area contributed by atoms with Crippen LogP contribution in [0.25, 0.3) is 0 Å². The molecule has 5 nitrogen and oxygen atoms in total. The van der Waals surface area contributed by atoms with Crippen molar-refractivity contribution < 1.29 is 9.53 Å². The summed E-state index contributed by atoms with van der Waals surface area (Å²) in [6.07, 6.45) is 0. The molecule has 1 N–H and O–H groups in total. The van der Waals surface area contributed by atoms with Crippen LogP contribution in [0.5, 0.6) is 0 Å². The Kier molecular flexibility index (Phi) is 4.93. The molecule has 1 aromatic rings. The monoisotopic (exact) mass is 249 g/mol. The number of nitrogens with zero attached hydrogens (tertiary/aromatic N) is 2. The van der Waals surface area contributed by atoms with E-state index in [9.17, 15) is 4.79 Å². The zero-order valence-electron chi connectivity index (χ0n) is 11.3. The Balaban J connectivity index is 2.64. The molecule has 0 fully saturated rings. The molecule has 18 heavy (non-hydrogen) atoms. The first-order valence-corrected chi connectivity index (χ1v) is 5.96. The largest absolute Gasteiger partial charge is 0.465 e. The third-order valence-corrected chi connectivity index (χ3v) is 2.99. The first-order valence-electron chi connectivity index (χ1n) is 5.96. The number of carbonyl (C=O) groups excluding carboxylic acids is 1. The van der Waals surface area contributed by atoms with Crippen molar-refractivity contribution in [2.45, 2.75) is 33.4 Å². The Morgan fingerprint density at radius 2 is 2.33 bits per heavy atom. The molecule has 1 rings (SSSR count). The summed E-state index contributed by atoms with van der Waals surface area (Å²) < 4.78 is 6.75. The van der Waals surface area contributed by atoms with Crippen molar-refractivity contribution in [2.75, 3.05) is 6.61 Å². The summed E-state index contributed by atoms with van der Waals surface area (Å²) in [5, 5.41) is 12.0. The van der Waals surface area contributed by atoms with E-state index in [1.165, 1.54) is 0 Å². The number of carbonyl (C=O) groups is 1. The van der Waals surface area contributed by atoms with Crippen molar-refractivity contribution in [3.8, 4) is 6.07 Å². The second kappa shape index (κ2) is 6.22. The maximum Gasteiger partial charge on any atom is 0.322 e. The minimum absolute atomic E-state index is 0.258. The summed E-state index contributed by atoms with van der Waals surface area (Å²) in [5.74, 6) is -0.258. The van der Waals surface area contributed by atoms with Crippen LogP contribution in [-0.2, 0) is 23.1 Å². The van der Waals surface area contributed by atoms with Crippen molar-refractivity contribution in [3.05, 3.63) is 23.0 Å². The lowest BCUT2D eigenvalue weighted by atomic mass is 10.2. The van der Waals surface area contributed by atoms with Crippen molar-refractivity contribution >= 4 is 5.97 Å². The van der Waals surface area contributed by atoms with E-state index in [2.05, 4.69) is 11.4 Å². The highest BCUT2D eigenvalue weighted by molar-refractivity contribution is 5.75. The van der Waals surface area contributed by atoms with Crippen LogP contribution in [0.15, 0.2) is 6.07 Å². The fourth-order valence-electron chi connectivity index (χ4n) is 1.66. The van der Waals surface area contributed by atoms with Gasteiger partial charge in [0.05, 0.1) is 6.61 Å². The predicted molar refractivity (Wildman–Crippen MR) is 67.8 cm³/mol. The number of hydrogen-bond acceptors (Lipinski definition) is 4. The number of ether oxygens (including phenoxy) is 1. The number of esters is 1. The van der Waals surface area contributed by atoms with E-state index in [0.29, 0.717) is 18.8 Å². The van der Waals surface area contributed by atoms with E-state index < -0.39 is 0 Å². The van der Waals surface area contributed by atoms with Crippen LogP contribution in [-0.4, -0.2) is 23.2 Å². The van der Waals surface area contributed by atoms with Crippen LogP contribution >= 0.6 is 0 Å². The first-order chi connectivity index (χ1) is 8.51. The topological polar surface area (TPSA) is 67.0 Å². The van der Waals surface area contributed by atoms with Gasteiger partial charge in [-0.3, -0.25) is 4.79 Å². The standard InChI is InChI=1S/C13H19N3O2/c1-5-18-13(17)9(2)15-8-11-6-12(7-14)16(4)10(11)3/h6,9,15H,5,8H2,1-4H3. The average Bonchev–Trinajstić information content (AvgIpc) is 2.63. The lowest BCUT2D eigenvalue weighted by Gasteiger charge is -2.12. The molecule has 0 saturated heterocycles. The van der Waals surface area contributed by atoms with Crippen molar-refractivity contribution in [2.24, 2.45) is 7.05 Å². The molecule has 0 bridgehead atoms. The van der Waals surface area contributed by atoms with Gasteiger partial charge in [-0.15, -0.1) is 0 Å². The smallest absolute Gasteiger partial charge is 0.322 e. The molecule has 98 valence electrons. The van der Waals surface area contributed by atoms with E-state index >= 15 is 0 Å². The van der Waals surface area contributed by atoms with Crippen molar-refractivity contribution in [3.63, 3.8) is 0 Å². The Hall–Kier alpha value is -1.80. The van der Waals surface area contributed by atoms with Crippen LogP contribution in [0.4, 0.5) is 0 Å². The molecule has 1 aromatic heterocycles. The highest BCUT2D eigenvalue weighted by Gasteiger charge is 2.15. The fraction of sp³-hybridized carbons (Fsp3) is 0.538. The summed E-state index contributed by atoms with van der Waals surface area (Å²) >= 11 is 0. The third kappa shape index (κ3) is 3.11. The Bertz CT molecular complexity index is 471. The summed E-state index contributed by atoms with van der Waals surface area (Å²) in [6.45, 7) is 6.43. The normalized spacial score (nSPS) is 11.9. The van der Waals surface area contributed by atoms with E-state index in [4.69, 9.17) is 10.00 Å². The van der Waals surface area contributed by atoms with Crippen molar-refractivity contribution in [1.82, 2.24) is 9.88 Å². The van der Waals surface area contributed by atoms with Crippen LogP contribution in [0.1, 0.15) is 30.8 Å². The zero-order valence-corrected chi connectivity index (χ0v) is 11.3. The number of rotatable bonds is 5. The van der Waals surface area contributed by atoms with Crippen LogP contribution < -0.4 is 5.32 Å². The molecular formula is C13H19N3O2. The molecule has 0 spiro atoms. The molecule has 0 amide bonds.